The molecule has 1 amide bonds. The molecule has 0 saturated heterocycles. The summed E-state index contributed by atoms with van der Waals surface area (Å²) >= 11 is 0. The summed E-state index contributed by atoms with van der Waals surface area (Å²) in [6.07, 6.45) is 1.95. The number of amides is 1. The molecule has 0 radical (unpaired) electrons. The summed E-state index contributed by atoms with van der Waals surface area (Å²) in [4.78, 5) is 18.9. The fourth-order valence-electron chi connectivity index (χ4n) is 2.72. The first-order valence-electron chi connectivity index (χ1n) is 8.48. The zero-order chi connectivity index (χ0) is 19.1. The number of methoxy groups -OCH3 is 3. The first-order valence-corrected chi connectivity index (χ1v) is 8.48. The molecule has 0 N–H and O–H groups in total. The van der Waals surface area contributed by atoms with Crippen molar-refractivity contribution in [3.63, 3.8) is 0 Å². The second-order valence-electron chi connectivity index (χ2n) is 6.13. The fourth-order valence-corrected chi connectivity index (χ4v) is 2.72. The van der Waals surface area contributed by atoms with Crippen LogP contribution in [-0.4, -0.2) is 43.2 Å². The number of hydrogen-bond donors (Lipinski definition) is 0. The highest BCUT2D eigenvalue weighted by Gasteiger charge is 2.21. The Kier molecular flexibility index (Phi) is 6.83. The first kappa shape index (κ1) is 19.6. The maximum absolute atomic E-state index is 12.8. The number of nitrogens with zero attached hydrogens (tertiary/aromatic N) is 2. The van der Waals surface area contributed by atoms with Gasteiger partial charge in [0.15, 0.2) is 11.5 Å². The minimum absolute atomic E-state index is 0.00976. The third-order valence-electron chi connectivity index (χ3n) is 4.13. The Morgan fingerprint density at radius 1 is 1.04 bits per heavy atom. The zero-order valence-electron chi connectivity index (χ0n) is 16.0. The first-order chi connectivity index (χ1) is 12.5. The molecule has 1 aromatic heterocycles. The summed E-state index contributed by atoms with van der Waals surface area (Å²) < 4.78 is 16.2. The van der Waals surface area contributed by atoms with E-state index in [4.69, 9.17) is 14.2 Å². The van der Waals surface area contributed by atoms with Crippen molar-refractivity contribution in [2.45, 2.75) is 32.9 Å². The largest absolute Gasteiger partial charge is 0.496 e. The van der Waals surface area contributed by atoms with Gasteiger partial charge >= 0.3 is 0 Å². The van der Waals surface area contributed by atoms with Gasteiger partial charge in [-0.2, -0.15) is 0 Å². The smallest absolute Gasteiger partial charge is 0.229 e. The predicted molar refractivity (Wildman–Crippen MR) is 99.7 cm³/mol. The molecule has 6 nitrogen and oxygen atoms in total. The summed E-state index contributed by atoms with van der Waals surface area (Å²) in [7, 11) is 4.76. The van der Waals surface area contributed by atoms with E-state index in [1.54, 1.807) is 38.5 Å². The van der Waals surface area contributed by atoms with Crippen molar-refractivity contribution in [3.05, 3.63) is 47.8 Å². The number of rotatable bonds is 8. The molecule has 140 valence electrons. The lowest BCUT2D eigenvalue weighted by molar-refractivity contribution is -0.132. The topological polar surface area (TPSA) is 60.9 Å². The van der Waals surface area contributed by atoms with E-state index in [1.807, 2.05) is 38.1 Å². The van der Waals surface area contributed by atoms with Crippen molar-refractivity contribution in [1.82, 2.24) is 9.88 Å². The highest BCUT2D eigenvalue weighted by molar-refractivity contribution is 5.78. The Morgan fingerprint density at radius 3 is 2.23 bits per heavy atom. The summed E-state index contributed by atoms with van der Waals surface area (Å²) in [5.41, 5.74) is 1.61. The Labute approximate surface area is 154 Å². The van der Waals surface area contributed by atoms with Crippen LogP contribution in [0.25, 0.3) is 0 Å². The van der Waals surface area contributed by atoms with E-state index in [9.17, 15) is 4.79 Å². The van der Waals surface area contributed by atoms with Crippen molar-refractivity contribution in [2.75, 3.05) is 21.3 Å². The van der Waals surface area contributed by atoms with Gasteiger partial charge in [0.25, 0.3) is 0 Å². The second kappa shape index (κ2) is 9.08. The average molecular weight is 358 g/mol. The maximum Gasteiger partial charge on any atom is 0.229 e. The average Bonchev–Trinajstić information content (AvgIpc) is 2.65. The van der Waals surface area contributed by atoms with Crippen molar-refractivity contribution in [3.8, 4) is 17.2 Å². The van der Waals surface area contributed by atoms with Crippen LogP contribution < -0.4 is 14.2 Å². The van der Waals surface area contributed by atoms with Crippen LogP contribution in [-0.2, 0) is 17.8 Å². The molecule has 6 heteroatoms. The third kappa shape index (κ3) is 4.65. The summed E-state index contributed by atoms with van der Waals surface area (Å²) in [6.45, 7) is 4.39. The molecule has 2 aromatic rings. The molecule has 0 aliphatic rings. The van der Waals surface area contributed by atoms with Crippen LogP contribution in [0.1, 0.15) is 25.1 Å². The lowest BCUT2D eigenvalue weighted by Crippen LogP contribution is -2.37. The molecule has 0 saturated carbocycles. The van der Waals surface area contributed by atoms with Gasteiger partial charge in [0, 0.05) is 36.1 Å². The molecule has 0 unspecified atom stereocenters. The van der Waals surface area contributed by atoms with Crippen molar-refractivity contribution in [1.29, 1.82) is 0 Å². The minimum Gasteiger partial charge on any atom is -0.496 e. The molecule has 2 rings (SSSR count). The van der Waals surface area contributed by atoms with Crippen molar-refractivity contribution >= 4 is 5.91 Å². The standard InChI is InChI=1S/C20H26N2O4/c1-14(2)22(20(23)11-16-8-6-7-9-21-16)13-15-10-18(25-4)19(26-5)12-17(15)24-3/h6-10,12,14H,11,13H2,1-5H3. The Bertz CT molecular complexity index is 732. The van der Waals surface area contributed by atoms with Crippen LogP contribution in [0, 0.1) is 0 Å². The number of pyridine rings is 1. The SMILES string of the molecule is COc1cc(OC)c(OC)cc1CN(C(=O)Cc1ccccn1)C(C)C. The van der Waals surface area contributed by atoms with Gasteiger partial charge in [-0.25, -0.2) is 0 Å². The quantitative estimate of drug-likeness (QED) is 0.726. The van der Waals surface area contributed by atoms with E-state index in [-0.39, 0.29) is 18.4 Å². The van der Waals surface area contributed by atoms with Gasteiger partial charge in [-0.3, -0.25) is 9.78 Å². The molecule has 1 aromatic carbocycles. The van der Waals surface area contributed by atoms with Gasteiger partial charge in [-0.15, -0.1) is 0 Å². The molecule has 0 bridgehead atoms. The van der Waals surface area contributed by atoms with Gasteiger partial charge in [0.05, 0.1) is 27.8 Å². The molecule has 1 heterocycles. The van der Waals surface area contributed by atoms with Gasteiger partial charge < -0.3 is 19.1 Å². The van der Waals surface area contributed by atoms with E-state index < -0.39 is 0 Å². The van der Waals surface area contributed by atoms with E-state index in [0.29, 0.717) is 23.8 Å². The normalized spacial score (nSPS) is 10.5. The lowest BCUT2D eigenvalue weighted by Gasteiger charge is -2.28. The number of aromatic nitrogens is 1. The van der Waals surface area contributed by atoms with E-state index in [0.717, 1.165) is 11.3 Å². The van der Waals surface area contributed by atoms with Crippen LogP contribution in [0.5, 0.6) is 17.2 Å². The Hall–Kier alpha value is -2.76. The molecule has 0 spiro atoms. The molecule has 26 heavy (non-hydrogen) atoms. The number of hydrogen-bond acceptors (Lipinski definition) is 5. The number of ether oxygens (including phenoxy) is 3. The second-order valence-corrected chi connectivity index (χ2v) is 6.13. The summed E-state index contributed by atoms with van der Waals surface area (Å²) in [6, 6.07) is 9.23. The number of carbonyl (C=O) groups excluding carboxylic acids is 1. The van der Waals surface area contributed by atoms with Gasteiger partial charge in [-0.1, -0.05) is 6.07 Å². The van der Waals surface area contributed by atoms with Crippen molar-refractivity contribution in [2.24, 2.45) is 0 Å². The van der Waals surface area contributed by atoms with Crippen molar-refractivity contribution < 1.29 is 19.0 Å². The Morgan fingerprint density at radius 2 is 1.69 bits per heavy atom. The van der Waals surface area contributed by atoms with Gasteiger partial charge in [0.1, 0.15) is 5.75 Å². The highest BCUT2D eigenvalue weighted by Crippen LogP contribution is 2.35. The molecule has 0 aliphatic heterocycles. The third-order valence-corrected chi connectivity index (χ3v) is 4.13. The Balaban J connectivity index is 2.28. The minimum atomic E-state index is 0.00976. The summed E-state index contributed by atoms with van der Waals surface area (Å²) in [5.74, 6) is 1.85. The monoisotopic (exact) mass is 358 g/mol. The molecule has 0 aliphatic carbocycles. The van der Waals surface area contributed by atoms with Crippen LogP contribution in [0.15, 0.2) is 36.5 Å². The highest BCUT2D eigenvalue weighted by atomic mass is 16.5. The predicted octanol–water partition coefficient (Wildman–Crippen LogP) is 3.09. The lowest BCUT2D eigenvalue weighted by atomic mass is 10.1. The van der Waals surface area contributed by atoms with E-state index >= 15 is 0 Å². The molecular weight excluding hydrogens is 332 g/mol. The van der Waals surface area contributed by atoms with Gasteiger partial charge in [-0.05, 0) is 32.0 Å². The molecule has 0 atom stereocenters. The number of benzene rings is 1. The van der Waals surface area contributed by atoms with Crippen LogP contribution in [0.4, 0.5) is 0 Å². The van der Waals surface area contributed by atoms with Crippen LogP contribution in [0.2, 0.25) is 0 Å². The molecule has 0 fully saturated rings. The molecular formula is C20H26N2O4. The maximum atomic E-state index is 12.8. The van der Waals surface area contributed by atoms with Crippen LogP contribution >= 0.6 is 0 Å². The zero-order valence-corrected chi connectivity index (χ0v) is 16.0. The van der Waals surface area contributed by atoms with Crippen LogP contribution in [0.3, 0.4) is 0 Å². The fraction of sp³-hybridized carbons (Fsp3) is 0.400. The van der Waals surface area contributed by atoms with E-state index in [1.165, 1.54) is 0 Å². The van der Waals surface area contributed by atoms with E-state index in [2.05, 4.69) is 4.98 Å². The van der Waals surface area contributed by atoms with Gasteiger partial charge in [0.2, 0.25) is 5.91 Å². The number of carbonyl (C=O) groups is 1. The summed E-state index contributed by atoms with van der Waals surface area (Å²) in [5, 5.41) is 0.